The maximum Gasteiger partial charge on any atom is 0.0804 e. The van der Waals surface area contributed by atoms with Crippen LogP contribution in [-0.2, 0) is 0 Å². The summed E-state index contributed by atoms with van der Waals surface area (Å²) in [6.07, 6.45) is 6.84. The maximum absolute atomic E-state index is 11.3. The van der Waals surface area contributed by atoms with Crippen molar-refractivity contribution in [3.63, 3.8) is 0 Å². The number of aliphatic hydroxyl groups excluding tert-OH is 4. The zero-order valence-electron chi connectivity index (χ0n) is 15.8. The normalized spacial score (nSPS) is 56.6. The van der Waals surface area contributed by atoms with Crippen LogP contribution in [0.25, 0.3) is 0 Å². The Morgan fingerprint density at radius 2 is 1.76 bits per heavy atom. The highest BCUT2D eigenvalue weighted by atomic mass is 16.3. The second kappa shape index (κ2) is 6.19. The summed E-state index contributed by atoms with van der Waals surface area (Å²) in [5.41, 5.74) is 0.0939. The Morgan fingerprint density at radius 3 is 2.48 bits per heavy atom. The summed E-state index contributed by atoms with van der Waals surface area (Å²) in [5.74, 6) is 2.06. The number of hydrogen-bond donors (Lipinski definition) is 4. The Morgan fingerprint density at radius 1 is 1.00 bits per heavy atom. The lowest BCUT2D eigenvalue weighted by Crippen LogP contribution is -2.59. The Hall–Kier alpha value is -0.160. The van der Waals surface area contributed by atoms with Crippen LogP contribution in [0.1, 0.15) is 65.2 Å². The van der Waals surface area contributed by atoms with E-state index in [1.807, 2.05) is 0 Å². The van der Waals surface area contributed by atoms with Crippen molar-refractivity contribution in [2.45, 2.75) is 83.5 Å². The minimum absolute atomic E-state index is 0.0554. The first-order valence-electron chi connectivity index (χ1n) is 10.5. The molecule has 0 spiro atoms. The van der Waals surface area contributed by atoms with E-state index in [-0.39, 0.29) is 35.6 Å². The van der Waals surface area contributed by atoms with E-state index >= 15 is 0 Å². The molecule has 0 aromatic carbocycles. The second-order valence-corrected chi connectivity index (χ2v) is 10.2. The van der Waals surface area contributed by atoms with E-state index in [2.05, 4.69) is 13.8 Å². The van der Waals surface area contributed by atoms with E-state index in [9.17, 15) is 20.4 Å². The monoisotopic (exact) mass is 352 g/mol. The van der Waals surface area contributed by atoms with Gasteiger partial charge in [-0.15, -0.1) is 0 Å². The number of hydrogen-bond acceptors (Lipinski definition) is 4. The van der Waals surface area contributed by atoms with Gasteiger partial charge >= 0.3 is 0 Å². The summed E-state index contributed by atoms with van der Waals surface area (Å²) in [7, 11) is 0. The third-order valence-electron chi connectivity index (χ3n) is 9.29. The largest absolute Gasteiger partial charge is 0.394 e. The van der Waals surface area contributed by atoms with Crippen LogP contribution in [0.2, 0.25) is 0 Å². The standard InChI is InChI=1S/C21H36O4/c1-20-8-7-13(23)9-12(20)3-4-14-15-5-6-16(18(25)11-22)21(15,2)10-17(24)19(14)20/h12-19,22-25H,3-11H2,1-2H3/t12-,13?,14-,15-,16+,17?,18?,19+,20-,21-/m0/s1. The zero-order valence-corrected chi connectivity index (χ0v) is 15.8. The molecule has 4 aliphatic carbocycles. The van der Waals surface area contributed by atoms with Gasteiger partial charge in [-0.3, -0.25) is 0 Å². The molecule has 0 aromatic heterocycles. The van der Waals surface area contributed by atoms with Crippen molar-refractivity contribution in [3.05, 3.63) is 0 Å². The van der Waals surface area contributed by atoms with Crippen molar-refractivity contribution in [2.24, 2.45) is 40.4 Å². The van der Waals surface area contributed by atoms with Crippen LogP contribution in [0.15, 0.2) is 0 Å². The van der Waals surface area contributed by atoms with E-state index < -0.39 is 6.10 Å². The van der Waals surface area contributed by atoms with Crippen molar-refractivity contribution in [3.8, 4) is 0 Å². The van der Waals surface area contributed by atoms with E-state index in [4.69, 9.17) is 0 Å². The molecule has 0 amide bonds. The lowest BCUT2D eigenvalue weighted by Gasteiger charge is -2.62. The number of rotatable bonds is 2. The third kappa shape index (κ3) is 2.55. The van der Waals surface area contributed by atoms with E-state index in [1.165, 1.54) is 6.42 Å². The van der Waals surface area contributed by atoms with Gasteiger partial charge in [0.1, 0.15) is 0 Å². The van der Waals surface area contributed by atoms with E-state index in [1.54, 1.807) is 0 Å². The predicted molar refractivity (Wildman–Crippen MR) is 95.7 cm³/mol. The van der Waals surface area contributed by atoms with Crippen LogP contribution in [0.4, 0.5) is 0 Å². The summed E-state index contributed by atoms with van der Waals surface area (Å²) in [4.78, 5) is 0. The van der Waals surface area contributed by atoms with Crippen molar-refractivity contribution < 1.29 is 20.4 Å². The highest BCUT2D eigenvalue weighted by molar-refractivity contribution is 5.12. The molecule has 4 rings (SSSR count). The van der Waals surface area contributed by atoms with Crippen LogP contribution in [0.3, 0.4) is 0 Å². The van der Waals surface area contributed by atoms with E-state index in [0.29, 0.717) is 23.7 Å². The fourth-order valence-electron chi connectivity index (χ4n) is 8.16. The van der Waals surface area contributed by atoms with Crippen molar-refractivity contribution in [1.29, 1.82) is 0 Å². The Bertz CT molecular complexity index is 510. The maximum atomic E-state index is 11.3. The molecule has 4 aliphatic rings. The summed E-state index contributed by atoms with van der Waals surface area (Å²) >= 11 is 0. The van der Waals surface area contributed by atoms with Gasteiger partial charge in [-0.2, -0.15) is 0 Å². The molecule has 0 heterocycles. The van der Waals surface area contributed by atoms with Gasteiger partial charge in [0.15, 0.2) is 0 Å². The number of aliphatic hydroxyl groups is 4. The molecule has 4 saturated carbocycles. The molecule has 10 atom stereocenters. The lowest BCUT2D eigenvalue weighted by molar-refractivity contribution is -0.183. The molecule has 0 bridgehead atoms. The Kier molecular flexibility index (Phi) is 4.51. The van der Waals surface area contributed by atoms with Gasteiger partial charge in [0.05, 0.1) is 24.9 Å². The van der Waals surface area contributed by atoms with Crippen molar-refractivity contribution in [1.82, 2.24) is 0 Å². The predicted octanol–water partition coefficient (Wildman–Crippen LogP) is 2.33. The highest BCUT2D eigenvalue weighted by Gasteiger charge is 2.63. The third-order valence-corrected chi connectivity index (χ3v) is 9.29. The first kappa shape index (κ1) is 18.2. The van der Waals surface area contributed by atoms with Gasteiger partial charge in [-0.1, -0.05) is 13.8 Å². The fourth-order valence-corrected chi connectivity index (χ4v) is 8.16. The molecular formula is C21H36O4. The molecule has 0 radical (unpaired) electrons. The average molecular weight is 353 g/mol. The van der Waals surface area contributed by atoms with Crippen LogP contribution in [-0.4, -0.2) is 45.3 Å². The molecule has 0 saturated heterocycles. The summed E-state index contributed by atoms with van der Waals surface area (Å²) in [6.45, 7) is 4.46. The molecule has 4 nitrogen and oxygen atoms in total. The summed E-state index contributed by atoms with van der Waals surface area (Å²) in [5, 5.41) is 41.2. The van der Waals surface area contributed by atoms with E-state index in [0.717, 1.165) is 44.9 Å². The molecule has 144 valence electrons. The fraction of sp³-hybridized carbons (Fsp3) is 1.00. The lowest BCUT2D eigenvalue weighted by atomic mass is 9.44. The summed E-state index contributed by atoms with van der Waals surface area (Å²) < 4.78 is 0. The van der Waals surface area contributed by atoms with Gasteiger partial charge in [0.25, 0.3) is 0 Å². The van der Waals surface area contributed by atoms with Gasteiger partial charge < -0.3 is 20.4 Å². The molecule has 3 unspecified atom stereocenters. The van der Waals surface area contributed by atoms with Crippen LogP contribution >= 0.6 is 0 Å². The molecule has 25 heavy (non-hydrogen) atoms. The highest BCUT2D eigenvalue weighted by Crippen LogP contribution is 2.67. The molecule has 0 aliphatic heterocycles. The van der Waals surface area contributed by atoms with Gasteiger partial charge in [-0.25, -0.2) is 0 Å². The van der Waals surface area contributed by atoms with Gasteiger partial charge in [-0.05, 0) is 91.8 Å². The van der Waals surface area contributed by atoms with Crippen LogP contribution in [0.5, 0.6) is 0 Å². The topological polar surface area (TPSA) is 80.9 Å². The van der Waals surface area contributed by atoms with Gasteiger partial charge in [0.2, 0.25) is 0 Å². The minimum atomic E-state index is -0.657. The first-order valence-corrected chi connectivity index (χ1v) is 10.5. The first-order chi connectivity index (χ1) is 11.8. The SMILES string of the molecule is C[C@]12CCC(O)C[C@@H]1CC[C@H]1[C@@H]3CC[C@H](C(O)CO)[C@@]3(C)CC(O)[C@@H]12. The van der Waals surface area contributed by atoms with Crippen LogP contribution in [0, 0.1) is 40.4 Å². The summed E-state index contributed by atoms with van der Waals surface area (Å²) in [6, 6.07) is 0. The Labute approximate surface area is 151 Å². The smallest absolute Gasteiger partial charge is 0.0804 e. The molecule has 4 N–H and O–H groups in total. The molecule has 4 heteroatoms. The van der Waals surface area contributed by atoms with Crippen LogP contribution < -0.4 is 0 Å². The number of fused-ring (bicyclic) bond motifs is 5. The van der Waals surface area contributed by atoms with Crippen molar-refractivity contribution >= 4 is 0 Å². The molecule has 0 aromatic rings. The quantitative estimate of drug-likeness (QED) is 0.615. The molecule has 4 fully saturated rings. The van der Waals surface area contributed by atoms with Gasteiger partial charge in [0, 0.05) is 0 Å². The average Bonchev–Trinajstić information content (AvgIpc) is 2.91. The zero-order chi connectivity index (χ0) is 18.0. The minimum Gasteiger partial charge on any atom is -0.394 e. The Balaban J connectivity index is 1.64. The van der Waals surface area contributed by atoms with Crippen molar-refractivity contribution in [2.75, 3.05) is 6.61 Å². The second-order valence-electron chi connectivity index (χ2n) is 10.2. The molecular weight excluding hydrogens is 316 g/mol.